The van der Waals surface area contributed by atoms with Crippen LogP contribution in [0.5, 0.6) is 11.5 Å². The number of hydrogen-bond acceptors (Lipinski definition) is 12. The van der Waals surface area contributed by atoms with Gasteiger partial charge in [-0.15, -0.1) is 0 Å². The minimum Gasteiger partial charge on any atom is -0.493 e. The lowest BCUT2D eigenvalue weighted by molar-refractivity contribution is -0.177. The van der Waals surface area contributed by atoms with E-state index in [9.17, 15) is 24.3 Å². The maximum absolute atomic E-state index is 13.4. The van der Waals surface area contributed by atoms with E-state index in [-0.39, 0.29) is 30.6 Å². The summed E-state index contributed by atoms with van der Waals surface area (Å²) in [5, 5.41) is 12.2. The maximum Gasteiger partial charge on any atom is 0.509 e. The average molecular weight is 645 g/mol. The van der Waals surface area contributed by atoms with E-state index >= 15 is 0 Å². The zero-order valence-corrected chi connectivity index (χ0v) is 27.5. The molecular formula is C34H44O12. The van der Waals surface area contributed by atoms with Crippen molar-refractivity contribution in [2.24, 2.45) is 11.8 Å². The van der Waals surface area contributed by atoms with E-state index in [1.807, 2.05) is 26.0 Å². The summed E-state index contributed by atoms with van der Waals surface area (Å²) in [6.07, 6.45) is -0.784. The largest absolute Gasteiger partial charge is 0.509 e. The Morgan fingerprint density at radius 3 is 2.50 bits per heavy atom. The van der Waals surface area contributed by atoms with E-state index in [0.29, 0.717) is 24.3 Å². The van der Waals surface area contributed by atoms with Crippen LogP contribution in [0, 0.1) is 11.8 Å². The van der Waals surface area contributed by atoms with Gasteiger partial charge in [0.2, 0.25) is 6.10 Å². The third-order valence-electron chi connectivity index (χ3n) is 9.13. The van der Waals surface area contributed by atoms with Crippen molar-refractivity contribution in [3.63, 3.8) is 0 Å². The molecule has 46 heavy (non-hydrogen) atoms. The number of methoxy groups -OCH3 is 1. The number of benzene rings is 1. The third kappa shape index (κ3) is 6.03. The first kappa shape index (κ1) is 33.6. The second-order valence-corrected chi connectivity index (χ2v) is 14.0. The fourth-order valence-corrected chi connectivity index (χ4v) is 7.21. The monoisotopic (exact) mass is 644 g/mol. The Kier molecular flexibility index (Phi) is 9.07. The second-order valence-electron chi connectivity index (χ2n) is 14.0. The Labute approximate surface area is 268 Å². The van der Waals surface area contributed by atoms with Crippen LogP contribution in [0.2, 0.25) is 0 Å². The lowest BCUT2D eigenvalue weighted by Crippen LogP contribution is -2.67. The van der Waals surface area contributed by atoms with Crippen molar-refractivity contribution >= 4 is 24.1 Å². The Bertz CT molecular complexity index is 1420. The number of hydrogen-bond donors (Lipinski definition) is 1. The number of ether oxygens (including phenoxy) is 7. The van der Waals surface area contributed by atoms with Gasteiger partial charge >= 0.3 is 24.1 Å². The molecule has 0 aromatic heterocycles. The van der Waals surface area contributed by atoms with Crippen molar-refractivity contribution in [2.45, 2.75) is 115 Å². The van der Waals surface area contributed by atoms with Crippen molar-refractivity contribution in [3.8, 4) is 11.5 Å². The summed E-state index contributed by atoms with van der Waals surface area (Å²) in [5.41, 5.74) is -0.858. The van der Waals surface area contributed by atoms with Gasteiger partial charge in [0.1, 0.15) is 11.4 Å². The molecule has 1 saturated carbocycles. The quantitative estimate of drug-likeness (QED) is 0.283. The fourth-order valence-electron chi connectivity index (χ4n) is 7.21. The van der Waals surface area contributed by atoms with Gasteiger partial charge in [-0.05, 0) is 82.9 Å². The highest BCUT2D eigenvalue weighted by atomic mass is 16.7. The van der Waals surface area contributed by atoms with Crippen molar-refractivity contribution in [2.75, 3.05) is 13.7 Å². The predicted molar refractivity (Wildman–Crippen MR) is 161 cm³/mol. The molecule has 1 aromatic rings. The maximum atomic E-state index is 13.4. The highest BCUT2D eigenvalue weighted by molar-refractivity contribution is 5.86. The van der Waals surface area contributed by atoms with E-state index in [0.717, 1.165) is 24.0 Å². The Morgan fingerprint density at radius 2 is 1.83 bits per heavy atom. The van der Waals surface area contributed by atoms with Crippen LogP contribution in [0.3, 0.4) is 0 Å². The van der Waals surface area contributed by atoms with Crippen LogP contribution < -0.4 is 9.47 Å². The molecule has 1 N–H and O–H groups in total. The van der Waals surface area contributed by atoms with E-state index in [4.69, 9.17) is 33.2 Å². The first-order valence-corrected chi connectivity index (χ1v) is 15.9. The Morgan fingerprint density at radius 1 is 1.09 bits per heavy atom. The van der Waals surface area contributed by atoms with Crippen molar-refractivity contribution in [3.05, 3.63) is 35.1 Å². The highest BCUT2D eigenvalue weighted by Crippen LogP contribution is 2.67. The van der Waals surface area contributed by atoms with Crippen molar-refractivity contribution in [1.29, 1.82) is 0 Å². The van der Waals surface area contributed by atoms with E-state index in [2.05, 4.69) is 0 Å². The van der Waals surface area contributed by atoms with E-state index in [1.54, 1.807) is 34.0 Å². The topological polar surface area (TPSA) is 153 Å². The van der Waals surface area contributed by atoms with Crippen LogP contribution in [-0.2, 0) is 49.9 Å². The van der Waals surface area contributed by atoms with Gasteiger partial charge in [0, 0.05) is 5.56 Å². The number of carbonyl (C=O) groups excluding carboxylic acids is 4. The Balaban J connectivity index is 1.32. The summed E-state index contributed by atoms with van der Waals surface area (Å²) in [7, 11) is 1.55. The molecular weight excluding hydrogens is 600 g/mol. The molecule has 2 bridgehead atoms. The molecule has 6 atom stereocenters. The van der Waals surface area contributed by atoms with E-state index in [1.165, 1.54) is 6.92 Å². The molecule has 0 unspecified atom stereocenters. The van der Waals surface area contributed by atoms with Gasteiger partial charge in [0.15, 0.2) is 23.7 Å². The molecule has 0 saturated heterocycles. The average Bonchev–Trinajstić information content (AvgIpc) is 3.31. The molecule has 252 valence electrons. The predicted octanol–water partition coefficient (Wildman–Crippen LogP) is 4.45. The SMILES string of the molecule is COc1ccc2c3c1O[C@H]1C(OC(=O)[C@H](C)OC(=O)[C@H](CC(=O)OCC(C)C)OC(=O)OC(C)(C)C)=CC[C@@]4(O)[C@H](CCC[C@]314)C2. The van der Waals surface area contributed by atoms with Gasteiger partial charge < -0.3 is 38.3 Å². The summed E-state index contributed by atoms with van der Waals surface area (Å²) < 4.78 is 38.7. The smallest absolute Gasteiger partial charge is 0.493 e. The summed E-state index contributed by atoms with van der Waals surface area (Å²) in [5.74, 6) is -1.51. The van der Waals surface area contributed by atoms with Crippen LogP contribution in [0.15, 0.2) is 24.0 Å². The minimum atomic E-state index is -1.73. The molecule has 4 aliphatic rings. The first-order chi connectivity index (χ1) is 21.6. The lowest BCUT2D eigenvalue weighted by atomic mass is 9.47. The zero-order chi connectivity index (χ0) is 33.6. The van der Waals surface area contributed by atoms with Gasteiger partial charge in [0.05, 0.1) is 31.2 Å². The number of esters is 3. The molecule has 1 aliphatic heterocycles. The van der Waals surface area contributed by atoms with Gasteiger partial charge in [-0.3, -0.25) is 4.79 Å². The van der Waals surface area contributed by atoms with Crippen LogP contribution in [0.4, 0.5) is 4.79 Å². The van der Waals surface area contributed by atoms with Crippen LogP contribution in [-0.4, -0.2) is 72.4 Å². The number of carbonyl (C=O) groups is 4. The molecule has 1 fully saturated rings. The van der Waals surface area contributed by atoms with Gasteiger partial charge in [0.25, 0.3) is 0 Å². The molecule has 1 heterocycles. The molecule has 1 spiro atoms. The molecule has 12 nitrogen and oxygen atoms in total. The molecule has 12 heteroatoms. The van der Waals surface area contributed by atoms with Gasteiger partial charge in [-0.25, -0.2) is 14.4 Å². The molecule has 1 aromatic carbocycles. The van der Waals surface area contributed by atoms with Gasteiger partial charge in [-0.1, -0.05) is 26.3 Å². The fraction of sp³-hybridized carbons (Fsp3) is 0.647. The molecule has 0 amide bonds. The summed E-state index contributed by atoms with van der Waals surface area (Å²) in [4.78, 5) is 51.3. The molecule has 5 rings (SSSR count). The third-order valence-corrected chi connectivity index (χ3v) is 9.13. The van der Waals surface area contributed by atoms with Crippen molar-refractivity contribution < 1.29 is 57.4 Å². The first-order valence-electron chi connectivity index (χ1n) is 15.9. The van der Waals surface area contributed by atoms with Gasteiger partial charge in [-0.2, -0.15) is 0 Å². The van der Waals surface area contributed by atoms with Crippen LogP contribution >= 0.6 is 0 Å². The van der Waals surface area contributed by atoms with Crippen molar-refractivity contribution in [1.82, 2.24) is 0 Å². The molecule has 3 aliphatic carbocycles. The Hall–Kier alpha value is -3.80. The summed E-state index contributed by atoms with van der Waals surface area (Å²) >= 11 is 0. The van der Waals surface area contributed by atoms with Crippen LogP contribution in [0.1, 0.15) is 84.8 Å². The number of rotatable bonds is 10. The van der Waals surface area contributed by atoms with E-state index < -0.39 is 65.4 Å². The number of aliphatic hydroxyl groups is 1. The normalized spacial score (nSPS) is 26.8. The minimum absolute atomic E-state index is 0.0155. The molecule has 0 radical (unpaired) electrons. The zero-order valence-electron chi connectivity index (χ0n) is 27.5. The highest BCUT2D eigenvalue weighted by Gasteiger charge is 2.71. The van der Waals surface area contributed by atoms with Crippen LogP contribution in [0.25, 0.3) is 0 Å². The summed E-state index contributed by atoms with van der Waals surface area (Å²) in [6.45, 7) is 9.93. The summed E-state index contributed by atoms with van der Waals surface area (Å²) in [6, 6.07) is 3.87. The second kappa shape index (κ2) is 12.4. The standard InChI is InChI=1S/C34H44O12/c1-18(2)17-41-25(35)16-24(44-31(38)46-32(4,5)6)30(37)42-19(3)29(36)43-23-12-14-34(39)21-9-8-13-33(34)26-20(15-21)10-11-22(40-7)27(26)45-28(23)33/h10-12,18-19,21,24,28,39H,8-9,13-17H2,1-7H3/t19-,21+,24-,28-,33-,34+/m0/s1. The lowest BCUT2D eigenvalue weighted by Gasteiger charge is -2.59.